The van der Waals surface area contributed by atoms with Crippen molar-refractivity contribution in [3.8, 4) is 0 Å². The summed E-state index contributed by atoms with van der Waals surface area (Å²) in [6, 6.07) is 0. The molecule has 10 aliphatic rings. The summed E-state index contributed by atoms with van der Waals surface area (Å²) in [5.41, 5.74) is -7.81. The molecule has 16 N–H and O–H groups in total. The fraction of sp³-hybridized carbons (Fsp3) is 0.917. The molecule has 4 saturated carbocycles. The molecule has 9 fully saturated rings. The van der Waals surface area contributed by atoms with Crippen molar-refractivity contribution in [2.75, 3.05) is 33.0 Å². The Morgan fingerprint density at radius 1 is 0.611 bits per heavy atom. The highest BCUT2D eigenvalue weighted by molar-refractivity contribution is 5.80. The van der Waals surface area contributed by atoms with Crippen molar-refractivity contribution < 1.29 is 148 Å². The Morgan fingerprint density at radius 3 is 1.87 bits per heavy atom. The lowest BCUT2D eigenvalue weighted by Crippen LogP contribution is -2.71. The van der Waals surface area contributed by atoms with Gasteiger partial charge in [-0.3, -0.25) is 14.4 Å². The van der Waals surface area contributed by atoms with Crippen LogP contribution in [0.25, 0.3) is 0 Å². The van der Waals surface area contributed by atoms with E-state index in [4.69, 9.17) is 52.1 Å². The number of fused-ring (bicyclic) bond motifs is 7. The molecule has 5 aliphatic carbocycles. The summed E-state index contributed by atoms with van der Waals surface area (Å²) in [4.78, 5) is 41.9. The third kappa shape index (κ3) is 11.3. The maximum atomic E-state index is 15.5. The van der Waals surface area contributed by atoms with E-state index in [0.29, 0.717) is 25.7 Å². The van der Waals surface area contributed by atoms with Gasteiger partial charge in [0.2, 0.25) is 6.29 Å². The average Bonchev–Trinajstić information content (AvgIpc) is 0.743. The maximum absolute atomic E-state index is 15.5. The van der Waals surface area contributed by atoms with Crippen LogP contribution in [0.4, 0.5) is 0 Å². The lowest BCUT2D eigenvalue weighted by atomic mass is 9.33. The van der Waals surface area contributed by atoms with E-state index in [1.165, 1.54) is 13.8 Å². The third-order valence-electron chi connectivity index (χ3n) is 23.2. The maximum Gasteiger partial charge on any atom is 0.317 e. The molecule has 0 spiro atoms. The molecule has 30 nitrogen and oxygen atoms in total. The number of allylic oxidation sites excluding steroid dienone is 2. The topological polar surface area (TPSA) is 476 Å². The number of aliphatic hydroxyl groups excluding tert-OH is 14. The van der Waals surface area contributed by atoms with Crippen LogP contribution in [0.5, 0.6) is 0 Å². The summed E-state index contributed by atoms with van der Waals surface area (Å²) in [5.74, 6) is -4.84. The number of rotatable bonds is 15. The van der Waals surface area contributed by atoms with E-state index in [0.717, 1.165) is 12.5 Å². The molecule has 5 saturated heterocycles. The first-order valence-corrected chi connectivity index (χ1v) is 31.2. The summed E-state index contributed by atoms with van der Waals surface area (Å²) in [7, 11) is 0. The van der Waals surface area contributed by atoms with Crippen molar-refractivity contribution in [2.24, 2.45) is 50.2 Å². The predicted molar refractivity (Wildman–Crippen MR) is 296 cm³/mol. The molecule has 0 amide bonds. The van der Waals surface area contributed by atoms with Crippen LogP contribution in [0.1, 0.15) is 107 Å². The quantitative estimate of drug-likeness (QED) is 0.0419. The molecular weight excluding hydrogens is 1200 g/mol. The van der Waals surface area contributed by atoms with Crippen LogP contribution >= 0.6 is 0 Å². The fourth-order valence-electron chi connectivity index (χ4n) is 17.9. The van der Waals surface area contributed by atoms with Crippen LogP contribution in [0.3, 0.4) is 0 Å². The van der Waals surface area contributed by atoms with E-state index in [-0.39, 0.29) is 37.0 Å². The van der Waals surface area contributed by atoms with E-state index < -0.39 is 243 Å². The normalized spacial score (nSPS) is 53.4. The second kappa shape index (κ2) is 25.3. The van der Waals surface area contributed by atoms with Crippen LogP contribution < -0.4 is 0 Å². The average molecular weight is 1300 g/mol. The fourth-order valence-corrected chi connectivity index (χ4v) is 17.9. The van der Waals surface area contributed by atoms with Gasteiger partial charge in [-0.05, 0) is 105 Å². The number of aliphatic hydroxyl groups is 15. The Balaban J connectivity index is 0.894. The Labute approximate surface area is 519 Å². The number of hydrogen-bond donors (Lipinski definition) is 16. The SMILES string of the molecule is CC(=O)O[C@@H]1[C@@H](O[C@@H]2OC[C@](O)(CO)[C@H]2O)[C@@H](O)[C@H](O[C@@H]2[C@H](OC(=O)[C@]34CCC(C)(C)CC3C3=CCC5[C@@]6(C)C[C@H](O)[C@H](O[C@@H]7O[C@H](CO)[C@@H](O[C@@H]8O[C@H](CO)[C@@H](O)[C@H](O)[C@H]8O)[C@H](O)[C@H]7O)[C@@](C)(C(=O)O)C6CC[C@@]5(C)[C@]3(C)C[C@H]4O)OC[C@@H](O)[C@H]2O)O[C@H]1C. The molecule has 0 bridgehead atoms. The predicted octanol–water partition coefficient (Wildman–Crippen LogP) is -4.33. The van der Waals surface area contributed by atoms with E-state index in [1.54, 1.807) is 0 Å². The van der Waals surface area contributed by atoms with Gasteiger partial charge in [0.15, 0.2) is 37.4 Å². The van der Waals surface area contributed by atoms with Crippen molar-refractivity contribution >= 4 is 17.9 Å². The molecule has 0 aromatic heterocycles. The molecular formula is C60H94O30. The van der Waals surface area contributed by atoms with Gasteiger partial charge in [-0.2, -0.15) is 0 Å². The highest BCUT2D eigenvalue weighted by atomic mass is 16.8. The molecule has 90 heavy (non-hydrogen) atoms. The van der Waals surface area contributed by atoms with E-state index in [1.807, 2.05) is 13.8 Å². The Morgan fingerprint density at radius 2 is 1.23 bits per heavy atom. The molecule has 10 rings (SSSR count). The summed E-state index contributed by atoms with van der Waals surface area (Å²) < 4.78 is 64.6. The molecule has 33 atom stereocenters. The van der Waals surface area contributed by atoms with Crippen molar-refractivity contribution in [1.29, 1.82) is 0 Å². The Bertz CT molecular complexity index is 2630. The number of aliphatic carboxylic acids is 1. The van der Waals surface area contributed by atoms with Gasteiger partial charge in [0, 0.05) is 6.92 Å². The smallest absolute Gasteiger partial charge is 0.317 e. The van der Waals surface area contributed by atoms with Gasteiger partial charge in [-0.15, -0.1) is 0 Å². The Hall–Kier alpha value is -2.81. The number of ether oxygens (including phenoxy) is 11. The number of carbonyl (C=O) groups excluding carboxylic acids is 2. The summed E-state index contributed by atoms with van der Waals surface area (Å²) in [6.07, 6.45) is -36.9. The summed E-state index contributed by atoms with van der Waals surface area (Å²) >= 11 is 0. The molecule has 0 radical (unpaired) electrons. The van der Waals surface area contributed by atoms with Crippen LogP contribution in [0, 0.1) is 50.2 Å². The number of carboxylic acids is 1. The van der Waals surface area contributed by atoms with Crippen molar-refractivity contribution in [2.45, 2.75) is 260 Å². The van der Waals surface area contributed by atoms with Gasteiger partial charge in [-0.1, -0.05) is 46.3 Å². The Kier molecular flexibility index (Phi) is 19.7. The minimum Gasteiger partial charge on any atom is -0.481 e. The van der Waals surface area contributed by atoms with Gasteiger partial charge < -0.3 is 134 Å². The van der Waals surface area contributed by atoms with Crippen LogP contribution in [0.2, 0.25) is 0 Å². The number of esters is 2. The first-order valence-electron chi connectivity index (χ1n) is 31.2. The van der Waals surface area contributed by atoms with Gasteiger partial charge >= 0.3 is 17.9 Å². The standard InChI is InChI=1S/C60H94O30/c1-23-41(83-24(2)64)43(87-51-45(75)59(79,21-63)22-81-51)40(74)49(82-23)88-44-34(68)28(66)20-80-50(44)90-53(78)60-14-13-54(3,4)15-26(60)25-9-10-31-55(5)16-27(65)46(58(8,52(76)77)32(55)11-12-56(31,6)57(25,7)17-33(60)67)89-48-39(73)37(71)42(30(19-62)85-48)86-47-38(72)36(70)35(69)29(18-61)84-47/h9,23,26-51,61-63,65-75,79H,10-22H2,1-8H3,(H,76,77)/t23-,26?,27-,28+,29+,30+,31?,32?,33+,34+,35+,36-,37+,38+,39+,40+,41-,42+,43-,44-,45-,46-,47-,48-,49-,50-,51-,55+,56+,57+,58-,59+,60+/m0/s1. The molecule has 0 aromatic carbocycles. The van der Waals surface area contributed by atoms with Crippen LogP contribution in [-0.2, 0) is 66.5 Å². The van der Waals surface area contributed by atoms with E-state index >= 15 is 4.79 Å². The third-order valence-corrected chi connectivity index (χ3v) is 23.2. The van der Waals surface area contributed by atoms with Crippen molar-refractivity contribution in [3.63, 3.8) is 0 Å². The lowest BCUT2D eigenvalue weighted by Gasteiger charge is -2.71. The zero-order valence-corrected chi connectivity index (χ0v) is 51.7. The highest BCUT2D eigenvalue weighted by Gasteiger charge is 2.74. The molecule has 30 heteroatoms. The van der Waals surface area contributed by atoms with Gasteiger partial charge in [0.1, 0.15) is 96.5 Å². The van der Waals surface area contributed by atoms with Gasteiger partial charge in [-0.25, -0.2) is 0 Å². The van der Waals surface area contributed by atoms with E-state index in [2.05, 4.69) is 26.8 Å². The van der Waals surface area contributed by atoms with Crippen LogP contribution in [0.15, 0.2) is 11.6 Å². The number of hydrogen-bond acceptors (Lipinski definition) is 29. The first-order chi connectivity index (χ1) is 42.0. The van der Waals surface area contributed by atoms with Gasteiger partial charge in [0.05, 0.1) is 56.8 Å². The van der Waals surface area contributed by atoms with Crippen molar-refractivity contribution in [3.05, 3.63) is 11.6 Å². The largest absolute Gasteiger partial charge is 0.481 e. The number of carbonyl (C=O) groups is 3. The molecule has 5 aliphatic heterocycles. The second-order valence-corrected chi connectivity index (χ2v) is 28.9. The number of carboxylic acid groups (broad SMARTS) is 1. The van der Waals surface area contributed by atoms with Gasteiger partial charge in [0.25, 0.3) is 0 Å². The van der Waals surface area contributed by atoms with Crippen LogP contribution in [-0.4, -0.2) is 286 Å². The molecule has 5 heterocycles. The molecule has 3 unspecified atom stereocenters. The minimum absolute atomic E-state index is 0.0161. The lowest BCUT2D eigenvalue weighted by molar-refractivity contribution is -0.372. The van der Waals surface area contributed by atoms with E-state index in [9.17, 15) is 91.3 Å². The minimum atomic E-state index is -2.15. The molecule has 514 valence electrons. The van der Waals surface area contributed by atoms with Crippen molar-refractivity contribution in [1.82, 2.24) is 0 Å². The zero-order valence-electron chi connectivity index (χ0n) is 51.7. The summed E-state index contributed by atoms with van der Waals surface area (Å²) in [5, 5.41) is 177. The second-order valence-electron chi connectivity index (χ2n) is 28.9. The molecule has 0 aromatic rings. The summed E-state index contributed by atoms with van der Waals surface area (Å²) in [6.45, 7) is 10.5. The highest BCUT2D eigenvalue weighted by Crippen LogP contribution is 2.76. The first kappa shape index (κ1) is 70.0. The zero-order chi connectivity index (χ0) is 66.1. The monoisotopic (exact) mass is 1290 g/mol.